The highest BCUT2D eigenvalue weighted by molar-refractivity contribution is 6.37. The number of carboxylic acid groups (broad SMARTS) is 1. The third kappa shape index (κ3) is 5.27. The summed E-state index contributed by atoms with van der Waals surface area (Å²) in [6, 6.07) is 10.3. The van der Waals surface area contributed by atoms with E-state index in [1.165, 1.54) is 12.1 Å². The number of aliphatic carboxylic acids is 1. The molecule has 0 aliphatic carbocycles. The van der Waals surface area contributed by atoms with Crippen LogP contribution in [0.25, 0.3) is 0 Å². The number of carboxylic acids is 1. The molecule has 0 aliphatic rings. The van der Waals surface area contributed by atoms with E-state index in [-0.39, 0.29) is 23.4 Å². The number of carbonyl (C=O) groups is 2. The van der Waals surface area contributed by atoms with Crippen molar-refractivity contribution in [3.63, 3.8) is 0 Å². The summed E-state index contributed by atoms with van der Waals surface area (Å²) in [4.78, 5) is 33.7. The van der Waals surface area contributed by atoms with Gasteiger partial charge in [0.15, 0.2) is 0 Å². The molecule has 2 N–H and O–H groups in total. The second-order valence-electron chi connectivity index (χ2n) is 5.25. The van der Waals surface area contributed by atoms with E-state index in [0.717, 1.165) is 0 Å². The Bertz CT molecular complexity index is 794. The standard InChI is InChI=1S/C17H14Cl2N2O4/c18-11-3-6-13(14(19)9-11)17(24)20-12-4-1-10(2-5-12)15(21-25)7-8-16(22)23/h1-6,9,15H,7-8H2,(H,20,24)(H,22,23). The van der Waals surface area contributed by atoms with Crippen LogP contribution in [-0.2, 0) is 4.79 Å². The molecule has 25 heavy (non-hydrogen) atoms. The first-order valence-electron chi connectivity index (χ1n) is 7.31. The largest absolute Gasteiger partial charge is 0.481 e. The highest BCUT2D eigenvalue weighted by Gasteiger charge is 2.15. The number of nitrogens with zero attached hydrogens (tertiary/aromatic N) is 1. The minimum Gasteiger partial charge on any atom is -0.481 e. The Morgan fingerprint density at radius 1 is 1.12 bits per heavy atom. The number of halogens is 2. The number of carbonyl (C=O) groups excluding carboxylic acids is 1. The molecule has 1 amide bonds. The predicted octanol–water partition coefficient (Wildman–Crippen LogP) is 4.92. The SMILES string of the molecule is O=NC(CCC(=O)O)c1ccc(NC(=O)c2ccc(Cl)cc2Cl)cc1. The maximum absolute atomic E-state index is 12.2. The Balaban J connectivity index is 2.07. The average molecular weight is 381 g/mol. The van der Waals surface area contributed by atoms with Crippen LogP contribution in [0.1, 0.15) is 34.8 Å². The molecule has 0 radical (unpaired) electrons. The summed E-state index contributed by atoms with van der Waals surface area (Å²) in [5.74, 6) is -1.39. The summed E-state index contributed by atoms with van der Waals surface area (Å²) >= 11 is 11.8. The lowest BCUT2D eigenvalue weighted by atomic mass is 10.0. The topological polar surface area (TPSA) is 95.8 Å². The summed E-state index contributed by atoms with van der Waals surface area (Å²) in [6.45, 7) is 0. The monoisotopic (exact) mass is 380 g/mol. The first-order chi connectivity index (χ1) is 11.9. The summed E-state index contributed by atoms with van der Waals surface area (Å²) in [7, 11) is 0. The smallest absolute Gasteiger partial charge is 0.303 e. The molecule has 2 rings (SSSR count). The zero-order valence-corrected chi connectivity index (χ0v) is 14.4. The van der Waals surface area contributed by atoms with Crippen molar-refractivity contribution in [2.75, 3.05) is 5.32 Å². The second-order valence-corrected chi connectivity index (χ2v) is 6.10. The lowest BCUT2D eigenvalue weighted by Crippen LogP contribution is -2.12. The Labute approximate surface area is 153 Å². The zero-order valence-electron chi connectivity index (χ0n) is 12.9. The van der Waals surface area contributed by atoms with Crippen LogP contribution < -0.4 is 5.32 Å². The van der Waals surface area contributed by atoms with Crippen molar-refractivity contribution in [2.24, 2.45) is 5.18 Å². The molecule has 2 aromatic rings. The average Bonchev–Trinajstić information content (AvgIpc) is 2.56. The van der Waals surface area contributed by atoms with Crippen LogP contribution >= 0.6 is 23.2 Å². The van der Waals surface area contributed by atoms with Crippen molar-refractivity contribution in [2.45, 2.75) is 18.9 Å². The molecule has 6 nitrogen and oxygen atoms in total. The van der Waals surface area contributed by atoms with Crippen molar-refractivity contribution < 1.29 is 14.7 Å². The van der Waals surface area contributed by atoms with Crippen molar-refractivity contribution in [1.29, 1.82) is 0 Å². The first-order valence-corrected chi connectivity index (χ1v) is 8.07. The Kier molecular flexibility index (Phi) is 6.50. The van der Waals surface area contributed by atoms with Gasteiger partial charge in [0.1, 0.15) is 6.04 Å². The van der Waals surface area contributed by atoms with E-state index in [1.807, 2.05) is 0 Å². The maximum Gasteiger partial charge on any atom is 0.303 e. The van der Waals surface area contributed by atoms with Gasteiger partial charge in [-0.15, -0.1) is 0 Å². The molecule has 2 aromatic carbocycles. The van der Waals surface area contributed by atoms with Gasteiger partial charge < -0.3 is 10.4 Å². The van der Waals surface area contributed by atoms with Crippen LogP contribution in [-0.4, -0.2) is 17.0 Å². The number of rotatable bonds is 7. The minimum absolute atomic E-state index is 0.116. The third-order valence-electron chi connectivity index (χ3n) is 3.49. The molecule has 8 heteroatoms. The van der Waals surface area contributed by atoms with Crippen LogP contribution in [0.5, 0.6) is 0 Å². The summed E-state index contributed by atoms with van der Waals surface area (Å²) < 4.78 is 0. The van der Waals surface area contributed by atoms with Gasteiger partial charge in [-0.25, -0.2) is 0 Å². The molecule has 1 atom stereocenters. The van der Waals surface area contributed by atoms with Crippen LogP contribution in [0.15, 0.2) is 47.6 Å². The molecular formula is C17H14Cl2N2O4. The predicted molar refractivity (Wildman–Crippen MR) is 96.3 cm³/mol. The van der Waals surface area contributed by atoms with Gasteiger partial charge in [-0.3, -0.25) is 9.59 Å². The van der Waals surface area contributed by atoms with Crippen molar-refractivity contribution in [1.82, 2.24) is 0 Å². The fourth-order valence-electron chi connectivity index (χ4n) is 2.20. The van der Waals surface area contributed by atoms with Gasteiger partial charge in [0, 0.05) is 17.1 Å². The van der Waals surface area contributed by atoms with E-state index in [0.29, 0.717) is 16.3 Å². The molecule has 0 aromatic heterocycles. The van der Waals surface area contributed by atoms with Crippen LogP contribution in [0.3, 0.4) is 0 Å². The van der Waals surface area contributed by atoms with Gasteiger partial charge >= 0.3 is 5.97 Å². The van der Waals surface area contributed by atoms with E-state index in [9.17, 15) is 14.5 Å². The van der Waals surface area contributed by atoms with E-state index in [2.05, 4.69) is 10.5 Å². The molecule has 130 valence electrons. The number of hydrogen-bond acceptors (Lipinski definition) is 4. The fraction of sp³-hybridized carbons (Fsp3) is 0.176. The van der Waals surface area contributed by atoms with Gasteiger partial charge in [-0.05, 0) is 42.3 Å². The second kappa shape index (κ2) is 8.60. The molecule has 0 saturated carbocycles. The molecule has 0 bridgehead atoms. The lowest BCUT2D eigenvalue weighted by Gasteiger charge is -2.10. The molecule has 0 spiro atoms. The lowest BCUT2D eigenvalue weighted by molar-refractivity contribution is -0.137. The summed E-state index contributed by atoms with van der Waals surface area (Å²) in [6.07, 6.45) is -0.0329. The molecule has 0 heterocycles. The van der Waals surface area contributed by atoms with E-state index < -0.39 is 17.9 Å². The molecule has 1 unspecified atom stereocenters. The zero-order chi connectivity index (χ0) is 18.4. The minimum atomic E-state index is -0.989. The third-order valence-corrected chi connectivity index (χ3v) is 4.04. The molecule has 0 saturated heterocycles. The summed E-state index contributed by atoms with van der Waals surface area (Å²) in [5.41, 5.74) is 1.37. The quantitative estimate of drug-likeness (QED) is 0.666. The molecule has 0 aliphatic heterocycles. The molecular weight excluding hydrogens is 367 g/mol. The van der Waals surface area contributed by atoms with Gasteiger partial charge in [0.2, 0.25) is 0 Å². The normalized spacial score (nSPS) is 11.6. The highest BCUT2D eigenvalue weighted by Crippen LogP contribution is 2.25. The van der Waals surface area contributed by atoms with Gasteiger partial charge in [0.25, 0.3) is 5.91 Å². The van der Waals surface area contributed by atoms with Crippen molar-refractivity contribution >= 4 is 40.8 Å². The summed E-state index contributed by atoms with van der Waals surface area (Å²) in [5, 5.41) is 15.0. The number of hydrogen-bond donors (Lipinski definition) is 2. The maximum atomic E-state index is 12.2. The fourth-order valence-corrected chi connectivity index (χ4v) is 2.70. The van der Waals surface area contributed by atoms with Gasteiger partial charge in [-0.1, -0.05) is 40.5 Å². The van der Waals surface area contributed by atoms with Gasteiger partial charge in [-0.2, -0.15) is 4.91 Å². The number of anilines is 1. The number of benzene rings is 2. The van der Waals surface area contributed by atoms with Crippen molar-refractivity contribution in [3.8, 4) is 0 Å². The number of nitroso groups, excluding NO2 is 1. The Morgan fingerprint density at radius 2 is 1.80 bits per heavy atom. The van der Waals surface area contributed by atoms with E-state index in [4.69, 9.17) is 28.3 Å². The number of amides is 1. The van der Waals surface area contributed by atoms with Crippen LogP contribution in [0, 0.1) is 4.91 Å². The van der Waals surface area contributed by atoms with Crippen LogP contribution in [0.4, 0.5) is 5.69 Å². The number of nitrogens with one attached hydrogen (secondary N) is 1. The van der Waals surface area contributed by atoms with Crippen LogP contribution in [0.2, 0.25) is 10.0 Å². The highest BCUT2D eigenvalue weighted by atomic mass is 35.5. The van der Waals surface area contributed by atoms with E-state index >= 15 is 0 Å². The van der Waals surface area contributed by atoms with Gasteiger partial charge in [0.05, 0.1) is 10.6 Å². The van der Waals surface area contributed by atoms with E-state index in [1.54, 1.807) is 30.3 Å². The Hall–Kier alpha value is -2.44. The van der Waals surface area contributed by atoms with Crippen molar-refractivity contribution in [3.05, 3.63) is 68.5 Å². The first kappa shape index (κ1) is 18.9. The molecule has 0 fully saturated rings. The Morgan fingerprint density at radius 3 is 2.36 bits per heavy atom.